The number of nitrogens with one attached hydrogen (secondary N) is 2. The molecule has 204 valence electrons. The molecule has 0 aliphatic carbocycles. The molecule has 7 nitrogen and oxygen atoms in total. The van der Waals surface area contributed by atoms with E-state index in [1.54, 1.807) is 13.0 Å². The molecule has 0 spiro atoms. The summed E-state index contributed by atoms with van der Waals surface area (Å²) in [5.74, 6) is 1.93. The number of aliphatic hydroxyl groups is 1. The number of phenols is 1. The predicted molar refractivity (Wildman–Crippen MR) is 150 cm³/mol. The first-order chi connectivity index (χ1) is 17.9. The first kappa shape index (κ1) is 29.0. The Morgan fingerprint density at radius 3 is 2.84 bits per heavy atom. The van der Waals surface area contributed by atoms with Gasteiger partial charge in [-0.15, -0.1) is 4.99 Å². The number of rotatable bonds is 17. The van der Waals surface area contributed by atoms with Crippen LogP contribution in [0.15, 0.2) is 46.7 Å². The van der Waals surface area contributed by atoms with Gasteiger partial charge in [-0.25, -0.2) is 0 Å². The Hall–Kier alpha value is -2.61. The monoisotopic (exact) mass is 511 g/mol. The Balaban J connectivity index is 1.45. The van der Waals surface area contributed by atoms with E-state index in [-0.39, 0.29) is 29.9 Å². The third-order valence-corrected chi connectivity index (χ3v) is 6.88. The van der Waals surface area contributed by atoms with Gasteiger partial charge >= 0.3 is 0 Å². The maximum atomic E-state index is 10.3. The molecular weight excluding hydrogens is 466 g/mol. The third kappa shape index (κ3) is 9.33. The topological polar surface area (TPSA) is 95.3 Å². The van der Waals surface area contributed by atoms with Gasteiger partial charge in [-0.1, -0.05) is 38.0 Å². The summed E-state index contributed by atoms with van der Waals surface area (Å²) in [5, 5.41) is 26.6. The zero-order chi connectivity index (χ0) is 26.6. The Labute approximate surface area is 223 Å². The van der Waals surface area contributed by atoms with Crippen molar-refractivity contribution < 1.29 is 19.7 Å². The van der Waals surface area contributed by atoms with Crippen LogP contribution in [0.25, 0.3) is 0 Å². The van der Waals surface area contributed by atoms with Crippen LogP contribution in [0.2, 0.25) is 0 Å². The minimum absolute atomic E-state index is 0.150. The highest BCUT2D eigenvalue weighted by Gasteiger charge is 2.30. The number of likely N-dealkylation sites (N-methyl/N-ethyl adjacent to an activating group) is 1. The first-order valence-electron chi connectivity index (χ1n) is 13.7. The second kappa shape index (κ2) is 15.0. The molecule has 0 bridgehead atoms. The summed E-state index contributed by atoms with van der Waals surface area (Å²) in [7, 11) is 1.93. The molecule has 3 rings (SSSR count). The normalized spacial score (nSPS) is 19.2. The summed E-state index contributed by atoms with van der Waals surface area (Å²) in [5.41, 5.74) is 2.27. The largest absolute Gasteiger partial charge is 0.592 e. The molecule has 0 fully saturated rings. The zero-order valence-electron chi connectivity index (χ0n) is 22.9. The summed E-state index contributed by atoms with van der Waals surface area (Å²) in [6.45, 7) is 7.94. The molecule has 0 aromatic heterocycles. The van der Waals surface area contributed by atoms with Crippen molar-refractivity contribution in [3.63, 3.8) is 0 Å². The summed E-state index contributed by atoms with van der Waals surface area (Å²) >= 11 is 0. The average molecular weight is 512 g/mol. The van der Waals surface area contributed by atoms with E-state index in [2.05, 4.69) is 48.0 Å². The number of aromatic hydroxyl groups is 1. The fourth-order valence-electron chi connectivity index (χ4n) is 4.56. The van der Waals surface area contributed by atoms with E-state index in [1.165, 1.54) is 12.8 Å². The molecule has 0 radical (unpaired) electrons. The van der Waals surface area contributed by atoms with Crippen molar-refractivity contribution in [3.8, 4) is 11.5 Å². The molecule has 1 unspecified atom stereocenters. The van der Waals surface area contributed by atoms with Gasteiger partial charge in [0.1, 0.15) is 12.2 Å². The van der Waals surface area contributed by atoms with E-state index < -0.39 is 0 Å². The molecule has 1 aromatic rings. The molecule has 0 saturated carbocycles. The SMILES string of the molecule is CCCCC1[CH-]C=C(CCc2ccc(O)c(OCC[C+]3C=C([C@H](C)[C@H](CNC)NC[C@H](C)O)C=N3)c2)O1. The Kier molecular flexibility index (Phi) is 11.7. The van der Waals surface area contributed by atoms with Gasteiger partial charge in [-0.3, -0.25) is 0 Å². The minimum Gasteiger partial charge on any atom is -0.592 e. The van der Waals surface area contributed by atoms with Gasteiger partial charge in [-0.2, -0.15) is 12.5 Å². The minimum atomic E-state index is -0.387. The standard InChI is InChI=1S/C30H45N3O4/c1-5-6-7-26-11-12-27(37-26)10-8-23-9-13-29(35)30(16-23)36-15-14-25-17-24(19-32-25)22(3)28(20-31-4)33-18-21(2)34/h9,11-13,16-17,19,21-22,26,28,31,33-35H,5-8,10,14-15,18,20H2,1-4H3/t21-,22-,26?,28-/m0/s1. The molecule has 2 heterocycles. The molecular formula is C30H45N3O4. The number of hydrogen-bond acceptors (Lipinski definition) is 7. The lowest BCUT2D eigenvalue weighted by Gasteiger charge is -2.23. The molecule has 37 heavy (non-hydrogen) atoms. The summed E-state index contributed by atoms with van der Waals surface area (Å²) in [6.07, 6.45) is 13.9. The number of phenolic OH excluding ortho intramolecular Hbond substituents is 1. The molecule has 4 N–H and O–H groups in total. The number of aryl methyl sites for hydroxylation is 1. The molecule has 7 heteroatoms. The van der Waals surface area contributed by atoms with Gasteiger partial charge in [0.2, 0.25) is 0 Å². The highest BCUT2D eigenvalue weighted by atomic mass is 16.5. The lowest BCUT2D eigenvalue weighted by atomic mass is 9.92. The molecule has 4 atom stereocenters. The first-order valence-corrected chi connectivity index (χ1v) is 13.7. The Morgan fingerprint density at radius 1 is 1.24 bits per heavy atom. The smallest absolute Gasteiger partial charge is 0.176 e. The zero-order valence-corrected chi connectivity index (χ0v) is 22.9. The van der Waals surface area contributed by atoms with Crippen LogP contribution in [-0.2, 0) is 11.2 Å². The predicted octanol–water partition coefficient (Wildman–Crippen LogP) is 4.51. The van der Waals surface area contributed by atoms with Crippen LogP contribution in [0.5, 0.6) is 11.5 Å². The quantitative estimate of drug-likeness (QED) is 0.230. The van der Waals surface area contributed by atoms with Crippen LogP contribution >= 0.6 is 0 Å². The van der Waals surface area contributed by atoms with Crippen LogP contribution < -0.4 is 15.4 Å². The van der Waals surface area contributed by atoms with Crippen molar-refractivity contribution >= 4 is 6.21 Å². The molecule has 0 saturated heterocycles. The van der Waals surface area contributed by atoms with E-state index in [1.807, 2.05) is 25.4 Å². The van der Waals surface area contributed by atoms with Gasteiger partial charge < -0.3 is 30.3 Å². The molecule has 2 aliphatic rings. The van der Waals surface area contributed by atoms with Gasteiger partial charge in [0, 0.05) is 25.2 Å². The van der Waals surface area contributed by atoms with Crippen molar-refractivity contribution in [2.45, 2.75) is 77.5 Å². The van der Waals surface area contributed by atoms with Crippen molar-refractivity contribution in [2.24, 2.45) is 10.9 Å². The van der Waals surface area contributed by atoms with Gasteiger partial charge in [0.25, 0.3) is 0 Å². The van der Waals surface area contributed by atoms with Gasteiger partial charge in [-0.05, 0) is 51.4 Å². The number of hydrogen-bond donors (Lipinski definition) is 4. The maximum Gasteiger partial charge on any atom is 0.176 e. The van der Waals surface area contributed by atoms with Crippen LogP contribution in [0, 0.1) is 18.4 Å². The van der Waals surface area contributed by atoms with Crippen LogP contribution in [0.1, 0.15) is 58.4 Å². The summed E-state index contributed by atoms with van der Waals surface area (Å²) < 4.78 is 12.0. The number of aliphatic imine (C=N–C) groups is 1. The maximum absolute atomic E-state index is 10.3. The van der Waals surface area contributed by atoms with Crippen LogP contribution in [0.4, 0.5) is 0 Å². The number of benzene rings is 1. The Bertz CT molecular complexity index is 927. The summed E-state index contributed by atoms with van der Waals surface area (Å²) in [6, 6.07) is 6.72. The number of unbranched alkanes of at least 4 members (excludes halogenated alkanes) is 1. The highest BCUT2D eigenvalue weighted by Crippen LogP contribution is 2.31. The second-order valence-corrected chi connectivity index (χ2v) is 10.1. The fraction of sp³-hybridized carbons (Fsp3) is 0.567. The highest BCUT2D eigenvalue weighted by molar-refractivity contribution is 5.83. The van der Waals surface area contributed by atoms with Crippen LogP contribution in [0.3, 0.4) is 0 Å². The van der Waals surface area contributed by atoms with Gasteiger partial charge in [0.05, 0.1) is 24.5 Å². The van der Waals surface area contributed by atoms with E-state index >= 15 is 0 Å². The van der Waals surface area contributed by atoms with E-state index in [0.717, 1.165) is 48.7 Å². The van der Waals surface area contributed by atoms with E-state index in [9.17, 15) is 10.2 Å². The number of aliphatic hydroxyl groups excluding tert-OH is 1. The molecule has 2 aliphatic heterocycles. The van der Waals surface area contributed by atoms with E-state index in [4.69, 9.17) is 9.47 Å². The third-order valence-electron chi connectivity index (χ3n) is 6.88. The lowest BCUT2D eigenvalue weighted by Crippen LogP contribution is -2.45. The lowest BCUT2D eigenvalue weighted by molar-refractivity contribution is 0.147. The van der Waals surface area contributed by atoms with Crippen molar-refractivity contribution in [3.05, 3.63) is 59.7 Å². The van der Waals surface area contributed by atoms with E-state index in [0.29, 0.717) is 25.3 Å². The number of nitrogens with zero attached hydrogens (tertiary/aromatic N) is 1. The molecule has 1 aromatic carbocycles. The fourth-order valence-corrected chi connectivity index (χ4v) is 4.56. The van der Waals surface area contributed by atoms with Crippen molar-refractivity contribution in [1.29, 1.82) is 0 Å². The Morgan fingerprint density at radius 2 is 2.08 bits per heavy atom. The number of ether oxygens (including phenoxy) is 2. The van der Waals surface area contributed by atoms with Gasteiger partial charge in [0.15, 0.2) is 23.8 Å². The number of allylic oxidation sites excluding steroid dienone is 1. The second-order valence-electron chi connectivity index (χ2n) is 10.1. The van der Waals surface area contributed by atoms with Crippen molar-refractivity contribution in [1.82, 2.24) is 10.6 Å². The average Bonchev–Trinajstić information content (AvgIpc) is 3.55. The van der Waals surface area contributed by atoms with Crippen LogP contribution in [-0.4, -0.2) is 61.4 Å². The molecule has 0 amide bonds. The summed E-state index contributed by atoms with van der Waals surface area (Å²) in [4.78, 5) is 4.58. The van der Waals surface area contributed by atoms with Crippen molar-refractivity contribution in [2.75, 3.05) is 26.7 Å².